The van der Waals surface area contributed by atoms with Gasteiger partial charge in [-0.15, -0.1) is 0 Å². The maximum absolute atomic E-state index is 11.5. The van der Waals surface area contributed by atoms with Crippen LogP contribution >= 0.6 is 31.9 Å². The number of phenols is 1. The molecular formula is C12H8Br2N2O3. The Labute approximate surface area is 125 Å². The molecule has 0 saturated carbocycles. The van der Waals surface area contributed by atoms with Gasteiger partial charge in [0.1, 0.15) is 5.75 Å². The Bertz CT molecular complexity index is 601. The highest BCUT2D eigenvalue weighted by Gasteiger charge is 2.07. The van der Waals surface area contributed by atoms with Crippen molar-refractivity contribution in [1.82, 2.24) is 5.43 Å². The van der Waals surface area contributed by atoms with Crippen LogP contribution in [0.15, 0.2) is 49.0 Å². The molecule has 2 aromatic rings. The number of amides is 1. The number of hydrazone groups is 1. The topological polar surface area (TPSA) is 74.8 Å². The van der Waals surface area contributed by atoms with Gasteiger partial charge in [-0.25, -0.2) is 5.43 Å². The summed E-state index contributed by atoms with van der Waals surface area (Å²) in [6.07, 6.45) is 2.86. The van der Waals surface area contributed by atoms with Crippen LogP contribution in [0, 0.1) is 0 Å². The standard InChI is InChI=1S/C12H8Br2N2O3/c13-8-4-7(5-9(14)11(8)17)6-15-16-12(18)10-2-1-3-19-10/h1-6,17H,(H,16,18)/b15-6-. The fraction of sp³-hybridized carbons (Fsp3) is 0. The van der Waals surface area contributed by atoms with Crippen molar-refractivity contribution in [3.05, 3.63) is 50.8 Å². The molecule has 1 aromatic heterocycles. The van der Waals surface area contributed by atoms with Crippen molar-refractivity contribution in [1.29, 1.82) is 0 Å². The minimum atomic E-state index is -0.432. The molecule has 0 aliphatic carbocycles. The van der Waals surface area contributed by atoms with E-state index >= 15 is 0 Å². The summed E-state index contributed by atoms with van der Waals surface area (Å²) in [6, 6.07) is 6.50. The number of aromatic hydroxyl groups is 1. The van der Waals surface area contributed by atoms with Crippen LogP contribution in [0.3, 0.4) is 0 Å². The Kier molecular flexibility index (Phi) is 4.39. The van der Waals surface area contributed by atoms with E-state index in [-0.39, 0.29) is 11.5 Å². The molecule has 0 fully saturated rings. The summed E-state index contributed by atoms with van der Waals surface area (Å²) in [6.45, 7) is 0. The summed E-state index contributed by atoms with van der Waals surface area (Å²) < 4.78 is 5.97. The third-order valence-corrected chi connectivity index (χ3v) is 3.37. The first kappa shape index (κ1) is 13.8. The number of hydrogen-bond donors (Lipinski definition) is 2. The van der Waals surface area contributed by atoms with Crippen molar-refractivity contribution in [3.63, 3.8) is 0 Å². The van der Waals surface area contributed by atoms with Crippen molar-refractivity contribution < 1.29 is 14.3 Å². The molecule has 0 aliphatic heterocycles. The molecule has 1 amide bonds. The number of hydrogen-bond acceptors (Lipinski definition) is 4. The second-order valence-corrected chi connectivity index (χ2v) is 5.22. The molecule has 0 radical (unpaired) electrons. The molecule has 2 N–H and O–H groups in total. The van der Waals surface area contributed by atoms with Gasteiger partial charge in [-0.05, 0) is 61.7 Å². The summed E-state index contributed by atoms with van der Waals surface area (Å²) in [4.78, 5) is 11.5. The number of carbonyl (C=O) groups excluding carboxylic acids is 1. The summed E-state index contributed by atoms with van der Waals surface area (Å²) in [5, 5.41) is 13.4. The van der Waals surface area contributed by atoms with Gasteiger partial charge in [0.25, 0.3) is 0 Å². The summed E-state index contributed by atoms with van der Waals surface area (Å²) >= 11 is 6.41. The van der Waals surface area contributed by atoms with Crippen molar-refractivity contribution >= 4 is 44.0 Å². The maximum Gasteiger partial charge on any atom is 0.307 e. The van der Waals surface area contributed by atoms with E-state index in [0.717, 1.165) is 0 Å². The monoisotopic (exact) mass is 386 g/mol. The molecule has 0 saturated heterocycles. The van der Waals surface area contributed by atoms with E-state index in [4.69, 9.17) is 4.42 Å². The maximum atomic E-state index is 11.5. The molecule has 0 bridgehead atoms. The average Bonchev–Trinajstić information content (AvgIpc) is 2.89. The van der Waals surface area contributed by atoms with E-state index < -0.39 is 5.91 Å². The Hall–Kier alpha value is -1.60. The SMILES string of the molecule is O=C(N/N=C\c1cc(Br)c(O)c(Br)c1)c1ccco1. The Morgan fingerprint density at radius 3 is 2.63 bits per heavy atom. The van der Waals surface area contributed by atoms with E-state index in [1.165, 1.54) is 12.5 Å². The van der Waals surface area contributed by atoms with Crippen LogP contribution in [0.5, 0.6) is 5.75 Å². The van der Waals surface area contributed by atoms with Crippen LogP contribution in [0.25, 0.3) is 0 Å². The lowest BCUT2D eigenvalue weighted by Gasteiger charge is -2.01. The number of rotatable bonds is 3. The summed E-state index contributed by atoms with van der Waals surface area (Å²) in [5.41, 5.74) is 3.04. The van der Waals surface area contributed by atoms with E-state index in [1.807, 2.05) is 0 Å². The zero-order chi connectivity index (χ0) is 13.8. The van der Waals surface area contributed by atoms with E-state index in [2.05, 4.69) is 42.4 Å². The van der Waals surface area contributed by atoms with Crippen LogP contribution in [0.2, 0.25) is 0 Å². The predicted molar refractivity (Wildman–Crippen MR) is 77.3 cm³/mol. The molecule has 0 aliphatic rings. The first-order valence-corrected chi connectivity index (χ1v) is 6.71. The lowest BCUT2D eigenvalue weighted by Crippen LogP contribution is -2.16. The number of halogens is 2. The molecule has 0 spiro atoms. The minimum Gasteiger partial charge on any atom is -0.506 e. The third-order valence-electron chi connectivity index (χ3n) is 2.16. The van der Waals surface area contributed by atoms with Gasteiger partial charge in [-0.1, -0.05) is 0 Å². The first-order chi connectivity index (χ1) is 9.08. The zero-order valence-electron chi connectivity index (χ0n) is 9.43. The second-order valence-electron chi connectivity index (χ2n) is 3.51. The molecule has 19 heavy (non-hydrogen) atoms. The minimum absolute atomic E-state index is 0.108. The summed E-state index contributed by atoms with van der Waals surface area (Å²) in [5.74, 6) is -0.139. The van der Waals surface area contributed by atoms with Crippen LogP contribution in [0.4, 0.5) is 0 Å². The zero-order valence-corrected chi connectivity index (χ0v) is 12.6. The van der Waals surface area contributed by atoms with Gasteiger partial charge in [0.15, 0.2) is 5.76 Å². The van der Waals surface area contributed by atoms with Gasteiger partial charge in [-0.2, -0.15) is 5.10 Å². The van der Waals surface area contributed by atoms with Gasteiger partial charge in [0.05, 0.1) is 21.4 Å². The largest absolute Gasteiger partial charge is 0.506 e. The molecule has 1 aromatic carbocycles. The van der Waals surface area contributed by atoms with Crippen molar-refractivity contribution in [2.75, 3.05) is 0 Å². The molecule has 7 heteroatoms. The highest BCUT2D eigenvalue weighted by Crippen LogP contribution is 2.32. The van der Waals surface area contributed by atoms with E-state index in [9.17, 15) is 9.90 Å². The number of nitrogens with one attached hydrogen (secondary N) is 1. The molecule has 1 heterocycles. The van der Waals surface area contributed by atoms with Crippen molar-refractivity contribution in [2.45, 2.75) is 0 Å². The van der Waals surface area contributed by atoms with Crippen molar-refractivity contribution in [2.24, 2.45) is 5.10 Å². The Balaban J connectivity index is 2.05. The smallest absolute Gasteiger partial charge is 0.307 e. The quantitative estimate of drug-likeness (QED) is 0.626. The van der Waals surface area contributed by atoms with Gasteiger partial charge in [-0.3, -0.25) is 4.79 Å². The molecule has 2 rings (SSSR count). The van der Waals surface area contributed by atoms with Gasteiger partial charge < -0.3 is 9.52 Å². The number of furan rings is 1. The third kappa shape index (κ3) is 3.45. The molecule has 0 atom stereocenters. The highest BCUT2D eigenvalue weighted by atomic mass is 79.9. The Morgan fingerprint density at radius 1 is 1.37 bits per heavy atom. The first-order valence-electron chi connectivity index (χ1n) is 5.13. The van der Waals surface area contributed by atoms with Gasteiger partial charge >= 0.3 is 5.91 Å². The van der Waals surface area contributed by atoms with Gasteiger partial charge in [0.2, 0.25) is 0 Å². The van der Waals surface area contributed by atoms with Crippen LogP contribution < -0.4 is 5.43 Å². The predicted octanol–water partition coefficient (Wildman–Crippen LogP) is 3.27. The number of carbonyl (C=O) groups is 1. The van der Waals surface area contributed by atoms with Crippen molar-refractivity contribution in [3.8, 4) is 5.75 Å². The average molecular weight is 388 g/mol. The highest BCUT2D eigenvalue weighted by molar-refractivity contribution is 9.11. The molecule has 0 unspecified atom stereocenters. The lowest BCUT2D eigenvalue weighted by atomic mass is 10.2. The fourth-order valence-electron chi connectivity index (χ4n) is 1.29. The Morgan fingerprint density at radius 2 is 2.05 bits per heavy atom. The normalized spacial score (nSPS) is 10.8. The van der Waals surface area contributed by atoms with Crippen LogP contribution in [0.1, 0.15) is 16.1 Å². The van der Waals surface area contributed by atoms with Crippen LogP contribution in [-0.4, -0.2) is 17.2 Å². The molecule has 5 nitrogen and oxygen atoms in total. The summed E-state index contributed by atoms with van der Waals surface area (Å²) in [7, 11) is 0. The number of benzene rings is 1. The van der Waals surface area contributed by atoms with Gasteiger partial charge in [0, 0.05) is 0 Å². The number of phenolic OH excluding ortho intramolecular Hbond substituents is 1. The van der Waals surface area contributed by atoms with E-state index in [1.54, 1.807) is 24.3 Å². The molecule has 98 valence electrons. The second kappa shape index (κ2) is 6.03. The fourth-order valence-corrected chi connectivity index (χ4v) is 2.51. The molecular weight excluding hydrogens is 380 g/mol. The number of nitrogens with zero attached hydrogens (tertiary/aromatic N) is 1. The van der Waals surface area contributed by atoms with Crippen LogP contribution in [-0.2, 0) is 0 Å². The lowest BCUT2D eigenvalue weighted by molar-refractivity contribution is 0.0927. The van der Waals surface area contributed by atoms with E-state index in [0.29, 0.717) is 14.5 Å².